The van der Waals surface area contributed by atoms with Gasteiger partial charge in [0.25, 0.3) is 0 Å². The molecule has 7 atom stereocenters. The fourth-order valence-corrected chi connectivity index (χ4v) is 5.09. The first-order valence-corrected chi connectivity index (χ1v) is 13.9. The van der Waals surface area contributed by atoms with Crippen molar-refractivity contribution in [2.24, 2.45) is 11.8 Å². The fraction of sp³-hybridized carbons (Fsp3) is 0.645. The molecule has 0 aromatic heterocycles. The van der Waals surface area contributed by atoms with Crippen LogP contribution in [0.25, 0.3) is 0 Å². The summed E-state index contributed by atoms with van der Waals surface area (Å²) in [5.41, 5.74) is 1.31. The molecule has 3 unspecified atom stereocenters. The Balaban J connectivity index is 0.00000161. The zero-order chi connectivity index (χ0) is 27.9. The number of ketones is 1. The van der Waals surface area contributed by atoms with E-state index in [2.05, 4.69) is 45.9 Å². The second-order valence-electron chi connectivity index (χ2n) is 10.7. The van der Waals surface area contributed by atoms with Crippen LogP contribution in [0.5, 0.6) is 0 Å². The minimum Gasteiger partial charge on any atom is -0.457 e. The molecule has 2 saturated heterocycles. The fourth-order valence-electron chi connectivity index (χ4n) is 5.09. The van der Waals surface area contributed by atoms with Crippen molar-refractivity contribution in [3.05, 3.63) is 48.1 Å². The van der Waals surface area contributed by atoms with Crippen LogP contribution < -0.4 is 0 Å². The van der Waals surface area contributed by atoms with E-state index in [1.54, 1.807) is 0 Å². The van der Waals surface area contributed by atoms with E-state index in [9.17, 15) is 9.59 Å². The third-order valence-electron chi connectivity index (χ3n) is 7.28. The molecule has 7 heteroatoms. The summed E-state index contributed by atoms with van der Waals surface area (Å²) in [5, 5.41) is 0. The van der Waals surface area contributed by atoms with Gasteiger partial charge in [0.1, 0.15) is 11.9 Å². The van der Waals surface area contributed by atoms with Crippen molar-refractivity contribution in [1.29, 1.82) is 0 Å². The number of fused-ring (bicyclic) bond motifs is 4. The minimum absolute atomic E-state index is 0.0218. The second kappa shape index (κ2) is 17.1. The highest BCUT2D eigenvalue weighted by molar-refractivity contribution is 5.81. The van der Waals surface area contributed by atoms with Gasteiger partial charge in [-0.1, -0.05) is 62.8 Å². The number of ether oxygens (including phenoxy) is 3. The standard InChI is InChI=1S/C30H44O5.CO2/c1-5-21(2)10-7-6-8-13-29-23(4)15-14-22(3)16-25-11-9-12-26(33-25)19-27-17-24(31)18-28(34-27)20-30(32)35-29;2-1-3/h6-8,10,13-15,22-23,25-29H,5,9,11-12,16-20H2,1-4H3;/b7-6-,13-8+,15-14+,21-10+;/t22-,23-,25+,26?,27+,28?,29?;/m0./s1. The maximum absolute atomic E-state index is 12.9. The molecule has 0 aliphatic carbocycles. The van der Waals surface area contributed by atoms with Gasteiger partial charge in [0, 0.05) is 25.2 Å². The van der Waals surface area contributed by atoms with E-state index in [1.165, 1.54) is 5.57 Å². The van der Waals surface area contributed by atoms with Gasteiger partial charge in [0.2, 0.25) is 0 Å². The second-order valence-corrected chi connectivity index (χ2v) is 10.7. The predicted octanol–water partition coefficient (Wildman–Crippen LogP) is 5.85. The Kier molecular flexibility index (Phi) is 14.2. The molecule has 0 saturated carbocycles. The summed E-state index contributed by atoms with van der Waals surface area (Å²) in [5.74, 6) is 0.231. The predicted molar refractivity (Wildman–Crippen MR) is 144 cm³/mol. The largest absolute Gasteiger partial charge is 0.457 e. The summed E-state index contributed by atoms with van der Waals surface area (Å²) in [6.07, 6.45) is 20.7. The van der Waals surface area contributed by atoms with E-state index >= 15 is 0 Å². The molecule has 4 bridgehead atoms. The summed E-state index contributed by atoms with van der Waals surface area (Å²) in [7, 11) is 0. The van der Waals surface area contributed by atoms with Gasteiger partial charge < -0.3 is 14.2 Å². The van der Waals surface area contributed by atoms with Crippen LogP contribution in [-0.2, 0) is 33.4 Å². The van der Waals surface area contributed by atoms with Crippen molar-refractivity contribution in [2.45, 2.75) is 116 Å². The van der Waals surface area contributed by atoms with E-state index in [1.807, 2.05) is 24.3 Å². The van der Waals surface area contributed by atoms with Crippen LogP contribution in [0.1, 0.15) is 85.5 Å². The molecule has 3 aliphatic rings. The lowest BCUT2D eigenvalue weighted by atomic mass is 9.91. The average molecular weight is 529 g/mol. The van der Waals surface area contributed by atoms with Crippen LogP contribution in [0.2, 0.25) is 0 Å². The Labute approximate surface area is 227 Å². The molecule has 0 N–H and O–H groups in total. The van der Waals surface area contributed by atoms with Crippen molar-refractivity contribution < 1.29 is 33.4 Å². The normalized spacial score (nSPS) is 34.2. The summed E-state index contributed by atoms with van der Waals surface area (Å²) in [6, 6.07) is 0. The number of allylic oxidation sites excluding steroid dienone is 6. The van der Waals surface area contributed by atoms with Gasteiger partial charge in [0.05, 0.1) is 30.8 Å². The molecule has 0 spiro atoms. The molecule has 210 valence electrons. The highest BCUT2D eigenvalue weighted by Crippen LogP contribution is 2.31. The van der Waals surface area contributed by atoms with Crippen LogP contribution >= 0.6 is 0 Å². The average Bonchev–Trinajstić information content (AvgIpc) is 2.86. The molecule has 0 aromatic carbocycles. The lowest BCUT2D eigenvalue weighted by molar-refractivity contribution is -0.191. The molecule has 3 rings (SSSR count). The van der Waals surface area contributed by atoms with Crippen LogP contribution in [0.4, 0.5) is 0 Å². The molecule has 0 aromatic rings. The monoisotopic (exact) mass is 528 g/mol. The van der Waals surface area contributed by atoms with Gasteiger partial charge in [-0.3, -0.25) is 9.59 Å². The molecule has 2 fully saturated rings. The van der Waals surface area contributed by atoms with E-state index in [0.717, 1.165) is 38.5 Å². The maximum atomic E-state index is 12.9. The highest BCUT2D eigenvalue weighted by Gasteiger charge is 2.34. The van der Waals surface area contributed by atoms with Crippen molar-refractivity contribution in [3.8, 4) is 0 Å². The Morgan fingerprint density at radius 2 is 1.58 bits per heavy atom. The number of esters is 1. The van der Waals surface area contributed by atoms with Gasteiger partial charge in [-0.05, 0) is 51.0 Å². The number of Topliss-reactive ketones (excluding diaryl/α,β-unsaturated/α-hetero) is 1. The maximum Gasteiger partial charge on any atom is 0.373 e. The topological polar surface area (TPSA) is 96.0 Å². The highest BCUT2D eigenvalue weighted by atomic mass is 16.5. The van der Waals surface area contributed by atoms with Gasteiger partial charge in [-0.2, -0.15) is 9.59 Å². The van der Waals surface area contributed by atoms with Crippen LogP contribution in [0.15, 0.2) is 48.1 Å². The molecular weight excluding hydrogens is 484 g/mol. The summed E-state index contributed by atoms with van der Waals surface area (Å²) in [4.78, 5) is 41.5. The van der Waals surface area contributed by atoms with Crippen molar-refractivity contribution >= 4 is 17.9 Å². The quantitative estimate of drug-likeness (QED) is 0.257. The van der Waals surface area contributed by atoms with Gasteiger partial charge in [-0.25, -0.2) is 0 Å². The number of hydrogen-bond acceptors (Lipinski definition) is 7. The lowest BCUT2D eigenvalue weighted by Gasteiger charge is -2.36. The molecule has 3 heterocycles. The number of hydrogen-bond donors (Lipinski definition) is 0. The molecule has 0 radical (unpaired) electrons. The van der Waals surface area contributed by atoms with Crippen molar-refractivity contribution in [1.82, 2.24) is 0 Å². The smallest absolute Gasteiger partial charge is 0.373 e. The minimum atomic E-state index is -0.418. The molecule has 0 amide bonds. The SMILES string of the molecule is CC/C(C)=C/C=C\C=C\C1OC(=O)CC2CC(=O)C[C@H](CC3CCC[C@H](C[C@@H](C)/C=C/[C@@H]1C)O3)O2.O=C=O. The van der Waals surface area contributed by atoms with E-state index in [0.29, 0.717) is 12.3 Å². The van der Waals surface area contributed by atoms with Crippen LogP contribution in [0.3, 0.4) is 0 Å². The lowest BCUT2D eigenvalue weighted by Crippen LogP contribution is -2.39. The number of carbonyl (C=O) groups excluding carboxylic acids is 4. The molecule has 38 heavy (non-hydrogen) atoms. The number of rotatable bonds is 4. The van der Waals surface area contributed by atoms with Crippen molar-refractivity contribution in [2.75, 3.05) is 0 Å². The van der Waals surface area contributed by atoms with Crippen LogP contribution in [0, 0.1) is 11.8 Å². The summed E-state index contributed by atoms with van der Waals surface area (Å²) in [6.45, 7) is 8.53. The molecule has 7 nitrogen and oxygen atoms in total. The van der Waals surface area contributed by atoms with E-state index in [-0.39, 0.29) is 61.1 Å². The Morgan fingerprint density at radius 1 is 0.921 bits per heavy atom. The Hall–Kier alpha value is -2.60. The first-order valence-electron chi connectivity index (χ1n) is 13.9. The third kappa shape index (κ3) is 11.8. The van der Waals surface area contributed by atoms with Gasteiger partial charge in [0.15, 0.2) is 0 Å². The Bertz CT molecular complexity index is 909. The zero-order valence-electron chi connectivity index (χ0n) is 23.3. The van der Waals surface area contributed by atoms with E-state index < -0.39 is 6.10 Å². The van der Waals surface area contributed by atoms with E-state index in [4.69, 9.17) is 23.8 Å². The van der Waals surface area contributed by atoms with Gasteiger partial charge >= 0.3 is 12.1 Å². The molecular formula is C31H44O7. The van der Waals surface area contributed by atoms with Crippen LogP contribution in [-0.4, -0.2) is 48.4 Å². The summed E-state index contributed by atoms with van der Waals surface area (Å²) < 4.78 is 18.5. The van der Waals surface area contributed by atoms with Crippen molar-refractivity contribution in [3.63, 3.8) is 0 Å². The third-order valence-corrected chi connectivity index (χ3v) is 7.28. The zero-order valence-corrected chi connectivity index (χ0v) is 23.3. The first kappa shape index (κ1) is 31.6. The number of cyclic esters (lactones) is 1. The Morgan fingerprint density at radius 3 is 2.29 bits per heavy atom. The van der Waals surface area contributed by atoms with Gasteiger partial charge in [-0.15, -0.1) is 0 Å². The molecule has 3 aliphatic heterocycles. The summed E-state index contributed by atoms with van der Waals surface area (Å²) >= 11 is 0. The first-order chi connectivity index (χ1) is 18.2. The number of carbonyl (C=O) groups is 2.